The molecule has 8 aromatic rings. The van der Waals surface area contributed by atoms with Gasteiger partial charge in [-0.25, -0.2) is 0 Å². The molecular weight excluding hydrogens is 549 g/mol. The molecule has 194 valence electrons. The van der Waals surface area contributed by atoms with Crippen molar-refractivity contribution < 1.29 is 0 Å². The van der Waals surface area contributed by atoms with Crippen LogP contribution in [0.15, 0.2) is 121 Å². The first-order valence-electron chi connectivity index (χ1n) is 13.6. The summed E-state index contributed by atoms with van der Waals surface area (Å²) in [7, 11) is 0. The van der Waals surface area contributed by atoms with Crippen LogP contribution in [0.25, 0.3) is 73.7 Å². The van der Waals surface area contributed by atoms with Crippen molar-refractivity contribution in [3.8, 4) is 45.5 Å². The molecule has 0 unspecified atom stereocenters. The molecule has 2 nitrogen and oxygen atoms in total. The maximum Gasteiger partial charge on any atom is 0.100 e. The Labute approximate surface area is 250 Å². The van der Waals surface area contributed by atoms with Crippen LogP contribution in [0.2, 0.25) is 0 Å². The number of nitrogens with zero attached hydrogens (tertiary/aromatic N) is 2. The Morgan fingerprint density at radius 1 is 0.429 bits per heavy atom. The van der Waals surface area contributed by atoms with Gasteiger partial charge >= 0.3 is 0 Å². The summed E-state index contributed by atoms with van der Waals surface area (Å²) < 4.78 is 4.94. The van der Waals surface area contributed by atoms with Crippen LogP contribution in [0.1, 0.15) is 11.1 Å². The molecule has 6 aromatic carbocycles. The van der Waals surface area contributed by atoms with Gasteiger partial charge in [0, 0.05) is 57.0 Å². The molecule has 0 aliphatic rings. The fourth-order valence-corrected chi connectivity index (χ4v) is 8.37. The second kappa shape index (κ2) is 9.68. The van der Waals surface area contributed by atoms with E-state index in [2.05, 4.69) is 109 Å². The number of fused-ring (bicyclic) bond motifs is 6. The Balaban J connectivity index is 1.46. The van der Waals surface area contributed by atoms with Crippen molar-refractivity contribution in [2.24, 2.45) is 0 Å². The third-order valence-corrected chi connectivity index (χ3v) is 10.4. The lowest BCUT2D eigenvalue weighted by molar-refractivity contribution is 1.45. The van der Waals surface area contributed by atoms with Crippen molar-refractivity contribution in [3.05, 3.63) is 132 Å². The summed E-state index contributed by atoms with van der Waals surface area (Å²) in [5.41, 5.74) is 6.68. The van der Waals surface area contributed by atoms with Crippen LogP contribution in [0.5, 0.6) is 0 Å². The first-order chi connectivity index (χ1) is 20.7. The molecule has 4 heteroatoms. The van der Waals surface area contributed by atoms with Gasteiger partial charge in [-0.2, -0.15) is 10.5 Å². The van der Waals surface area contributed by atoms with Crippen molar-refractivity contribution >= 4 is 63.0 Å². The number of thiophene rings is 2. The summed E-state index contributed by atoms with van der Waals surface area (Å²) in [4.78, 5) is 0. The fraction of sp³-hybridized carbons (Fsp3) is 0. The summed E-state index contributed by atoms with van der Waals surface area (Å²) in [5, 5.41) is 25.5. The molecule has 0 fully saturated rings. The van der Waals surface area contributed by atoms with Crippen LogP contribution in [0, 0.1) is 22.7 Å². The quantitative estimate of drug-likeness (QED) is 0.213. The van der Waals surface area contributed by atoms with Gasteiger partial charge in [0.05, 0.1) is 17.2 Å². The van der Waals surface area contributed by atoms with E-state index >= 15 is 0 Å². The molecule has 0 bridgehead atoms. The highest BCUT2D eigenvalue weighted by Crippen LogP contribution is 2.44. The monoisotopic (exact) mass is 568 g/mol. The van der Waals surface area contributed by atoms with Crippen LogP contribution in [-0.4, -0.2) is 0 Å². The number of rotatable bonds is 3. The van der Waals surface area contributed by atoms with Crippen LogP contribution >= 0.6 is 22.7 Å². The number of nitriles is 2. The molecule has 2 heterocycles. The lowest BCUT2D eigenvalue weighted by Crippen LogP contribution is -1.94. The largest absolute Gasteiger partial charge is 0.192 e. The summed E-state index contributed by atoms with van der Waals surface area (Å²) in [5.74, 6) is 0. The van der Waals surface area contributed by atoms with E-state index in [4.69, 9.17) is 0 Å². The first kappa shape index (κ1) is 24.5. The maximum absolute atomic E-state index is 10.6. The van der Waals surface area contributed by atoms with Crippen LogP contribution < -0.4 is 0 Å². The topological polar surface area (TPSA) is 47.6 Å². The summed E-state index contributed by atoms with van der Waals surface area (Å²) >= 11 is 3.58. The van der Waals surface area contributed by atoms with Crippen molar-refractivity contribution in [1.82, 2.24) is 0 Å². The molecule has 8 rings (SSSR count). The molecule has 0 saturated heterocycles. The van der Waals surface area contributed by atoms with Crippen molar-refractivity contribution in [2.75, 3.05) is 0 Å². The van der Waals surface area contributed by atoms with E-state index in [1.165, 1.54) is 40.3 Å². The van der Waals surface area contributed by atoms with Gasteiger partial charge < -0.3 is 0 Å². The SMILES string of the molecule is N#Cc1ccccc1-c1cc(-c2cccc3c2sc2ccccc23)cc(-c2ccc3sc4ccccc4c3c2)c1C#N. The van der Waals surface area contributed by atoms with Gasteiger partial charge in [-0.15, -0.1) is 22.7 Å². The van der Waals surface area contributed by atoms with Crippen molar-refractivity contribution in [3.63, 3.8) is 0 Å². The van der Waals surface area contributed by atoms with E-state index in [0.29, 0.717) is 11.1 Å². The second-order valence-corrected chi connectivity index (χ2v) is 12.4. The number of hydrogen-bond acceptors (Lipinski definition) is 4. The Kier molecular flexibility index (Phi) is 5.66. The van der Waals surface area contributed by atoms with Gasteiger partial charge in [0.1, 0.15) is 6.07 Å². The Hall–Kier alpha value is -5.26. The average molecular weight is 569 g/mol. The van der Waals surface area contributed by atoms with Gasteiger partial charge in [-0.3, -0.25) is 0 Å². The fourth-order valence-electron chi connectivity index (χ4n) is 6.04. The molecule has 0 aliphatic carbocycles. The summed E-state index contributed by atoms with van der Waals surface area (Å²) in [6, 6.07) is 46.6. The summed E-state index contributed by atoms with van der Waals surface area (Å²) in [6.07, 6.45) is 0. The molecule has 0 atom stereocenters. The van der Waals surface area contributed by atoms with Gasteiger partial charge in [0.15, 0.2) is 0 Å². The molecule has 0 aliphatic heterocycles. The van der Waals surface area contributed by atoms with Crippen molar-refractivity contribution in [1.29, 1.82) is 10.5 Å². The molecule has 0 saturated carbocycles. The molecule has 2 aromatic heterocycles. The third kappa shape index (κ3) is 3.75. The highest BCUT2D eigenvalue weighted by molar-refractivity contribution is 7.26. The molecule has 42 heavy (non-hydrogen) atoms. The van der Waals surface area contributed by atoms with Gasteiger partial charge in [-0.05, 0) is 59.2 Å². The minimum atomic E-state index is 0.552. The highest BCUT2D eigenvalue weighted by Gasteiger charge is 2.20. The minimum absolute atomic E-state index is 0.552. The highest BCUT2D eigenvalue weighted by atomic mass is 32.1. The van der Waals surface area contributed by atoms with Crippen LogP contribution in [0.4, 0.5) is 0 Å². The summed E-state index contributed by atoms with van der Waals surface area (Å²) in [6.45, 7) is 0. The van der Waals surface area contributed by atoms with Gasteiger partial charge in [0.2, 0.25) is 0 Å². The Morgan fingerprint density at radius 3 is 1.88 bits per heavy atom. The predicted octanol–water partition coefficient (Wildman–Crippen LogP) is 11.2. The molecule has 0 spiro atoms. The predicted molar refractivity (Wildman–Crippen MR) is 178 cm³/mol. The maximum atomic E-state index is 10.6. The zero-order valence-corrected chi connectivity index (χ0v) is 23.9. The lowest BCUT2D eigenvalue weighted by atomic mass is 9.86. The van der Waals surface area contributed by atoms with E-state index in [-0.39, 0.29) is 0 Å². The van der Waals surface area contributed by atoms with Crippen molar-refractivity contribution in [2.45, 2.75) is 0 Å². The average Bonchev–Trinajstić information content (AvgIpc) is 3.62. The van der Waals surface area contributed by atoms with Crippen LogP contribution in [0.3, 0.4) is 0 Å². The van der Waals surface area contributed by atoms with E-state index in [0.717, 1.165) is 33.4 Å². The second-order valence-electron chi connectivity index (χ2n) is 10.3. The molecule has 0 N–H and O–H groups in total. The van der Waals surface area contributed by atoms with E-state index in [9.17, 15) is 10.5 Å². The van der Waals surface area contributed by atoms with E-state index in [1.807, 2.05) is 24.3 Å². The Morgan fingerprint density at radius 2 is 1.07 bits per heavy atom. The lowest BCUT2D eigenvalue weighted by Gasteiger charge is -2.16. The van der Waals surface area contributed by atoms with Gasteiger partial charge in [0.25, 0.3) is 0 Å². The zero-order chi connectivity index (χ0) is 28.2. The first-order valence-corrected chi connectivity index (χ1v) is 15.3. The third-order valence-electron chi connectivity index (χ3n) is 7.99. The molecule has 0 amide bonds. The minimum Gasteiger partial charge on any atom is -0.192 e. The normalized spacial score (nSPS) is 11.3. The number of benzene rings is 6. The zero-order valence-electron chi connectivity index (χ0n) is 22.3. The van der Waals surface area contributed by atoms with E-state index < -0.39 is 0 Å². The Bertz CT molecular complexity index is 2450. The van der Waals surface area contributed by atoms with E-state index in [1.54, 1.807) is 22.7 Å². The van der Waals surface area contributed by atoms with Gasteiger partial charge in [-0.1, -0.05) is 78.9 Å². The van der Waals surface area contributed by atoms with Crippen LogP contribution in [-0.2, 0) is 0 Å². The standard InChI is InChI=1S/C38H20N2S2/c39-21-24-8-1-2-9-26(24)32-20-25(27-12-7-13-30-28-10-3-6-15-36(28)42-38(27)30)19-31(34(32)22-40)23-16-17-37-33(18-23)29-11-4-5-14-35(29)41-37/h1-20H. The smallest absolute Gasteiger partial charge is 0.100 e. The molecular formula is C38H20N2S2. The molecule has 0 radical (unpaired) electrons. The number of hydrogen-bond donors (Lipinski definition) is 0.